The second-order valence-corrected chi connectivity index (χ2v) is 10.5. The van der Waals surface area contributed by atoms with Crippen molar-refractivity contribution in [1.82, 2.24) is 4.31 Å². The van der Waals surface area contributed by atoms with Gasteiger partial charge in [0.2, 0.25) is 14.4 Å². The van der Waals surface area contributed by atoms with Gasteiger partial charge in [0.15, 0.2) is 5.78 Å². The minimum absolute atomic E-state index is 0.00150. The molecular weight excluding hydrogens is 449 g/mol. The van der Waals surface area contributed by atoms with Gasteiger partial charge in [0.1, 0.15) is 0 Å². The van der Waals surface area contributed by atoms with Gasteiger partial charge in [-0.3, -0.25) is 9.59 Å². The number of Topliss-reactive ketones (excluding diaryl/α,β-unsaturated/α-hetero) is 1. The molecule has 2 heterocycles. The smallest absolute Gasteiger partial charge is 0.265 e. The normalized spacial score (nSPS) is 18.8. The number of hydrogen-bond acceptors (Lipinski definition) is 5. The summed E-state index contributed by atoms with van der Waals surface area (Å²) in [5.74, 6) is -0.596. The van der Waals surface area contributed by atoms with E-state index >= 15 is 0 Å². The third-order valence-electron chi connectivity index (χ3n) is 5.38. The number of carbonyl (C=O) groups excluding carboxylic acids is 2. The Morgan fingerprint density at radius 1 is 1.03 bits per heavy atom. The van der Waals surface area contributed by atoms with Crippen LogP contribution in [0.4, 0.5) is 11.4 Å². The zero-order chi connectivity index (χ0) is 21.7. The van der Waals surface area contributed by atoms with Crippen LogP contribution < -0.4 is 10.2 Å². The molecule has 0 atom stereocenters. The standard InChI is InChI=1S/C20H19Cl2N3O4S/c1-13(26)14-2-4-15(5-3-14)24-8-10-25(11-9-24)30(28,29)16-6-7-18-17(12-16)20(21,22)19(27)23-18/h2-7,12H,8-11H2,1H3,(H,23,27). The maximum Gasteiger partial charge on any atom is 0.265 e. The summed E-state index contributed by atoms with van der Waals surface area (Å²) < 4.78 is 25.8. The van der Waals surface area contributed by atoms with E-state index in [4.69, 9.17) is 23.2 Å². The summed E-state index contributed by atoms with van der Waals surface area (Å²) in [7, 11) is -3.77. The van der Waals surface area contributed by atoms with Gasteiger partial charge in [0.25, 0.3) is 5.91 Å². The summed E-state index contributed by atoms with van der Waals surface area (Å²) in [6.45, 7) is 3.15. The van der Waals surface area contributed by atoms with Gasteiger partial charge in [0.05, 0.1) is 4.90 Å². The summed E-state index contributed by atoms with van der Waals surface area (Å²) in [6.07, 6.45) is 0. The molecule has 0 spiro atoms. The number of alkyl halides is 2. The topological polar surface area (TPSA) is 86.8 Å². The number of anilines is 2. The molecule has 0 unspecified atom stereocenters. The first-order chi connectivity index (χ1) is 14.1. The highest BCUT2D eigenvalue weighted by molar-refractivity contribution is 7.89. The SMILES string of the molecule is CC(=O)c1ccc(N2CCN(S(=O)(=O)c3ccc4c(c3)C(Cl)(Cl)C(=O)N4)CC2)cc1. The van der Waals surface area contributed by atoms with Gasteiger partial charge in [0, 0.05) is 48.7 Å². The van der Waals surface area contributed by atoms with Crippen LogP contribution in [0.5, 0.6) is 0 Å². The fourth-order valence-electron chi connectivity index (χ4n) is 3.62. The number of halogens is 2. The Hall–Kier alpha value is -2.13. The highest BCUT2D eigenvalue weighted by Crippen LogP contribution is 2.45. The lowest BCUT2D eigenvalue weighted by molar-refractivity contribution is -0.116. The molecular formula is C20H19Cl2N3O4S. The molecule has 158 valence electrons. The van der Waals surface area contributed by atoms with Crippen molar-refractivity contribution in [1.29, 1.82) is 0 Å². The minimum atomic E-state index is -3.77. The van der Waals surface area contributed by atoms with Gasteiger partial charge in [-0.15, -0.1) is 0 Å². The Bertz CT molecular complexity index is 1130. The summed E-state index contributed by atoms with van der Waals surface area (Å²) in [5, 5.41) is 2.54. The first kappa shape index (κ1) is 21.1. The molecule has 10 heteroatoms. The maximum absolute atomic E-state index is 13.1. The van der Waals surface area contributed by atoms with Gasteiger partial charge in [-0.25, -0.2) is 8.42 Å². The van der Waals surface area contributed by atoms with Crippen molar-refractivity contribution < 1.29 is 18.0 Å². The van der Waals surface area contributed by atoms with E-state index in [0.717, 1.165) is 5.69 Å². The monoisotopic (exact) mass is 467 g/mol. The number of fused-ring (bicyclic) bond motifs is 1. The van der Waals surface area contributed by atoms with Crippen molar-refractivity contribution in [3.05, 3.63) is 53.6 Å². The molecule has 2 aliphatic heterocycles. The van der Waals surface area contributed by atoms with E-state index in [-0.39, 0.29) is 16.2 Å². The Morgan fingerprint density at radius 2 is 1.67 bits per heavy atom. The second-order valence-electron chi connectivity index (χ2n) is 7.23. The van der Waals surface area contributed by atoms with Gasteiger partial charge in [-0.2, -0.15) is 4.31 Å². The van der Waals surface area contributed by atoms with Crippen molar-refractivity contribution >= 4 is 56.3 Å². The number of hydrogen-bond donors (Lipinski definition) is 1. The molecule has 2 aromatic carbocycles. The van der Waals surface area contributed by atoms with Gasteiger partial charge in [-0.1, -0.05) is 23.2 Å². The molecule has 2 aromatic rings. The van der Waals surface area contributed by atoms with Gasteiger partial charge < -0.3 is 10.2 Å². The van der Waals surface area contributed by atoms with E-state index < -0.39 is 20.3 Å². The number of rotatable bonds is 4. The molecule has 0 aromatic heterocycles. The fourth-order valence-corrected chi connectivity index (χ4v) is 5.47. The first-order valence-corrected chi connectivity index (χ1v) is 11.5. The van der Waals surface area contributed by atoms with Crippen LogP contribution in [0.25, 0.3) is 0 Å². The van der Waals surface area contributed by atoms with E-state index in [1.54, 1.807) is 12.1 Å². The summed E-state index contributed by atoms with van der Waals surface area (Å²) in [4.78, 5) is 25.4. The van der Waals surface area contributed by atoms with Gasteiger partial charge >= 0.3 is 0 Å². The summed E-state index contributed by atoms with van der Waals surface area (Å²) in [5.41, 5.74) is 2.22. The minimum Gasteiger partial charge on any atom is -0.369 e. The molecule has 1 fully saturated rings. The molecule has 7 nitrogen and oxygen atoms in total. The molecule has 30 heavy (non-hydrogen) atoms. The molecule has 1 amide bonds. The molecule has 4 rings (SSSR count). The van der Waals surface area contributed by atoms with Crippen molar-refractivity contribution in [2.24, 2.45) is 0 Å². The number of amides is 1. The van der Waals surface area contributed by atoms with Crippen LogP contribution in [0.1, 0.15) is 22.8 Å². The number of nitrogens with one attached hydrogen (secondary N) is 1. The molecule has 0 saturated carbocycles. The molecule has 2 aliphatic rings. The fraction of sp³-hybridized carbons (Fsp3) is 0.300. The Labute approximate surface area is 184 Å². The van der Waals surface area contributed by atoms with Crippen LogP contribution in [0.3, 0.4) is 0 Å². The number of piperazine rings is 1. The first-order valence-electron chi connectivity index (χ1n) is 9.30. The lowest BCUT2D eigenvalue weighted by Gasteiger charge is -2.35. The zero-order valence-corrected chi connectivity index (χ0v) is 18.4. The van der Waals surface area contributed by atoms with E-state index in [2.05, 4.69) is 10.2 Å². The third-order valence-corrected chi connectivity index (χ3v) is 8.02. The maximum atomic E-state index is 13.1. The van der Waals surface area contributed by atoms with Crippen molar-refractivity contribution in [3.8, 4) is 0 Å². The predicted octanol–water partition coefficient (Wildman–Crippen LogP) is 2.98. The predicted molar refractivity (Wildman–Crippen MR) is 116 cm³/mol. The van der Waals surface area contributed by atoms with Crippen LogP contribution in [-0.2, 0) is 19.2 Å². The van der Waals surface area contributed by atoms with E-state index in [1.807, 2.05) is 12.1 Å². The Morgan fingerprint density at radius 3 is 2.27 bits per heavy atom. The Balaban J connectivity index is 1.50. The van der Waals surface area contributed by atoms with E-state index in [9.17, 15) is 18.0 Å². The molecule has 1 saturated heterocycles. The number of nitrogens with zero attached hydrogens (tertiary/aromatic N) is 2. The number of benzene rings is 2. The highest BCUT2D eigenvalue weighted by Gasteiger charge is 2.44. The average Bonchev–Trinajstić information content (AvgIpc) is 2.96. The average molecular weight is 468 g/mol. The lowest BCUT2D eigenvalue weighted by atomic mass is 10.1. The lowest BCUT2D eigenvalue weighted by Crippen LogP contribution is -2.48. The van der Waals surface area contributed by atoms with E-state index in [0.29, 0.717) is 37.4 Å². The van der Waals surface area contributed by atoms with Crippen molar-refractivity contribution in [2.45, 2.75) is 16.2 Å². The number of ketones is 1. The van der Waals surface area contributed by atoms with E-state index in [1.165, 1.54) is 29.4 Å². The third kappa shape index (κ3) is 3.58. The van der Waals surface area contributed by atoms with Crippen LogP contribution in [0.2, 0.25) is 0 Å². The largest absolute Gasteiger partial charge is 0.369 e. The van der Waals surface area contributed by atoms with Crippen molar-refractivity contribution in [3.63, 3.8) is 0 Å². The molecule has 0 aliphatic carbocycles. The molecule has 0 bridgehead atoms. The van der Waals surface area contributed by atoms with Crippen LogP contribution in [0.15, 0.2) is 47.4 Å². The van der Waals surface area contributed by atoms with Crippen LogP contribution in [0, 0.1) is 0 Å². The number of sulfonamides is 1. The molecule has 0 radical (unpaired) electrons. The van der Waals surface area contributed by atoms with Crippen LogP contribution in [-0.4, -0.2) is 50.6 Å². The van der Waals surface area contributed by atoms with Crippen LogP contribution >= 0.6 is 23.2 Å². The van der Waals surface area contributed by atoms with Gasteiger partial charge in [-0.05, 0) is 49.4 Å². The highest BCUT2D eigenvalue weighted by atomic mass is 35.5. The summed E-state index contributed by atoms with van der Waals surface area (Å²) >= 11 is 12.2. The quantitative estimate of drug-likeness (QED) is 0.551. The number of carbonyl (C=O) groups is 2. The summed E-state index contributed by atoms with van der Waals surface area (Å²) in [6, 6.07) is 11.6. The zero-order valence-electron chi connectivity index (χ0n) is 16.1. The Kier molecular flexibility index (Phi) is 5.30. The van der Waals surface area contributed by atoms with Crippen molar-refractivity contribution in [2.75, 3.05) is 36.4 Å². The molecule has 1 N–H and O–H groups in total. The second kappa shape index (κ2) is 7.53.